The first-order valence-electron chi connectivity index (χ1n) is 7.04. The van der Waals surface area contributed by atoms with Crippen molar-refractivity contribution >= 4 is 44.5 Å². The number of nitrogens with zero attached hydrogens (tertiary/aromatic N) is 2. The van der Waals surface area contributed by atoms with Gasteiger partial charge in [-0.1, -0.05) is 22.0 Å². The lowest BCUT2D eigenvalue weighted by molar-refractivity contribution is 0.0526. The van der Waals surface area contributed by atoms with Crippen molar-refractivity contribution in [3.05, 3.63) is 46.4 Å². The predicted octanol–water partition coefficient (Wildman–Crippen LogP) is 4.21. The number of fused-ring (bicyclic) bond motifs is 1. The number of anilines is 2. The second kappa shape index (κ2) is 6.37. The van der Waals surface area contributed by atoms with Crippen LogP contribution in [0.5, 0.6) is 0 Å². The maximum Gasteiger partial charge on any atom is 0.342 e. The molecule has 0 bridgehead atoms. The molecule has 6 nitrogen and oxygen atoms in total. The summed E-state index contributed by atoms with van der Waals surface area (Å²) in [6.07, 6.45) is 1.39. The lowest BCUT2D eigenvalue weighted by Crippen LogP contribution is -2.06. The van der Waals surface area contributed by atoms with Crippen LogP contribution in [0.4, 0.5) is 11.5 Å². The molecule has 0 aliphatic heterocycles. The molecular formula is C16H14BrN3O3. The van der Waals surface area contributed by atoms with Crippen LogP contribution in [0.2, 0.25) is 0 Å². The maximum absolute atomic E-state index is 12.2. The van der Waals surface area contributed by atoms with E-state index in [2.05, 4.69) is 31.2 Å². The lowest BCUT2D eigenvalue weighted by atomic mass is 10.2. The average Bonchev–Trinajstić information content (AvgIpc) is 2.84. The minimum atomic E-state index is -0.448. The first-order chi connectivity index (χ1) is 11.1. The molecule has 0 unspecified atom stereocenters. The molecule has 0 saturated carbocycles. The van der Waals surface area contributed by atoms with Crippen molar-refractivity contribution in [2.45, 2.75) is 13.8 Å². The number of aryl methyl sites for hydroxylation is 1. The van der Waals surface area contributed by atoms with Crippen molar-refractivity contribution in [1.82, 2.24) is 9.97 Å². The van der Waals surface area contributed by atoms with E-state index in [1.807, 2.05) is 24.3 Å². The van der Waals surface area contributed by atoms with Gasteiger partial charge in [0.1, 0.15) is 23.5 Å². The fraction of sp³-hybridized carbons (Fsp3) is 0.188. The minimum absolute atomic E-state index is 0.285. The molecule has 0 fully saturated rings. The average molecular weight is 376 g/mol. The third kappa shape index (κ3) is 3.05. The summed E-state index contributed by atoms with van der Waals surface area (Å²) in [7, 11) is 0. The highest BCUT2D eigenvalue weighted by atomic mass is 79.9. The minimum Gasteiger partial charge on any atom is -0.462 e. The van der Waals surface area contributed by atoms with Crippen molar-refractivity contribution in [3.8, 4) is 0 Å². The fourth-order valence-electron chi connectivity index (χ4n) is 2.29. The first-order valence-corrected chi connectivity index (χ1v) is 7.83. The third-order valence-electron chi connectivity index (χ3n) is 3.23. The molecule has 0 aliphatic rings. The van der Waals surface area contributed by atoms with Crippen LogP contribution in [0.1, 0.15) is 23.0 Å². The van der Waals surface area contributed by atoms with Crippen molar-refractivity contribution < 1.29 is 13.9 Å². The smallest absolute Gasteiger partial charge is 0.342 e. The SMILES string of the molecule is CCOC(=O)c1c(C)oc2ncnc(Nc3cccc(Br)c3)c12. The van der Waals surface area contributed by atoms with Crippen molar-refractivity contribution in [3.63, 3.8) is 0 Å². The van der Waals surface area contributed by atoms with Gasteiger partial charge in [0.15, 0.2) is 0 Å². The summed E-state index contributed by atoms with van der Waals surface area (Å²) in [6.45, 7) is 3.75. The maximum atomic E-state index is 12.2. The van der Waals surface area contributed by atoms with Crippen molar-refractivity contribution in [2.24, 2.45) is 0 Å². The van der Waals surface area contributed by atoms with Crippen LogP contribution in [0.3, 0.4) is 0 Å². The third-order valence-corrected chi connectivity index (χ3v) is 3.72. The Kier molecular flexibility index (Phi) is 4.29. The Labute approximate surface area is 141 Å². The molecule has 23 heavy (non-hydrogen) atoms. The summed E-state index contributed by atoms with van der Waals surface area (Å²) in [5.41, 5.74) is 1.52. The van der Waals surface area contributed by atoms with E-state index in [0.717, 1.165) is 10.2 Å². The number of carbonyl (C=O) groups is 1. The number of aromatic nitrogens is 2. The fourth-order valence-corrected chi connectivity index (χ4v) is 2.69. The van der Waals surface area contributed by atoms with E-state index >= 15 is 0 Å². The van der Waals surface area contributed by atoms with E-state index in [0.29, 0.717) is 28.2 Å². The number of halogens is 1. The molecule has 2 heterocycles. The van der Waals surface area contributed by atoms with Gasteiger partial charge in [0.2, 0.25) is 5.71 Å². The number of hydrogen-bond acceptors (Lipinski definition) is 6. The molecule has 118 valence electrons. The van der Waals surface area contributed by atoms with Crippen LogP contribution < -0.4 is 5.32 Å². The van der Waals surface area contributed by atoms with Crippen LogP contribution in [0.25, 0.3) is 11.1 Å². The second-order valence-electron chi connectivity index (χ2n) is 4.79. The van der Waals surface area contributed by atoms with Gasteiger partial charge in [-0.25, -0.2) is 14.8 Å². The Morgan fingerprint density at radius 1 is 1.39 bits per heavy atom. The van der Waals surface area contributed by atoms with Gasteiger partial charge in [-0.05, 0) is 32.0 Å². The summed E-state index contributed by atoms with van der Waals surface area (Å²) >= 11 is 3.42. The molecule has 1 N–H and O–H groups in total. The number of carbonyl (C=O) groups excluding carboxylic acids is 1. The van der Waals surface area contributed by atoms with Gasteiger partial charge in [0, 0.05) is 10.2 Å². The van der Waals surface area contributed by atoms with E-state index in [-0.39, 0.29) is 6.61 Å². The topological polar surface area (TPSA) is 77.2 Å². The van der Waals surface area contributed by atoms with E-state index in [9.17, 15) is 4.79 Å². The van der Waals surface area contributed by atoms with Gasteiger partial charge in [-0.3, -0.25) is 0 Å². The van der Waals surface area contributed by atoms with Crippen LogP contribution in [0, 0.1) is 6.92 Å². The normalized spacial score (nSPS) is 10.7. The van der Waals surface area contributed by atoms with E-state index in [1.54, 1.807) is 13.8 Å². The summed E-state index contributed by atoms with van der Waals surface area (Å²) < 4.78 is 11.6. The first kappa shape index (κ1) is 15.5. The molecule has 2 aromatic heterocycles. The van der Waals surface area contributed by atoms with Gasteiger partial charge < -0.3 is 14.5 Å². The van der Waals surface area contributed by atoms with E-state index in [1.165, 1.54) is 6.33 Å². The molecule has 0 atom stereocenters. The number of ether oxygens (including phenoxy) is 1. The quantitative estimate of drug-likeness (QED) is 0.688. The largest absolute Gasteiger partial charge is 0.462 e. The monoisotopic (exact) mass is 375 g/mol. The molecule has 0 amide bonds. The molecule has 0 aliphatic carbocycles. The van der Waals surface area contributed by atoms with Crippen LogP contribution in [0.15, 0.2) is 39.5 Å². The number of furan rings is 1. The van der Waals surface area contributed by atoms with Gasteiger partial charge in [0.05, 0.1) is 12.0 Å². The summed E-state index contributed by atoms with van der Waals surface area (Å²) in [4.78, 5) is 20.6. The van der Waals surface area contributed by atoms with Crippen molar-refractivity contribution in [1.29, 1.82) is 0 Å². The molecule has 0 radical (unpaired) electrons. The molecule has 3 rings (SSSR count). The molecule has 1 aromatic carbocycles. The van der Waals surface area contributed by atoms with Crippen LogP contribution in [-0.2, 0) is 4.74 Å². The zero-order chi connectivity index (χ0) is 16.4. The highest BCUT2D eigenvalue weighted by Crippen LogP contribution is 2.31. The summed E-state index contributed by atoms with van der Waals surface area (Å²) in [5, 5.41) is 3.71. The van der Waals surface area contributed by atoms with Gasteiger partial charge >= 0.3 is 5.97 Å². The Bertz CT molecular complexity index is 876. The Hall–Kier alpha value is -2.41. The Morgan fingerprint density at radius 2 is 2.22 bits per heavy atom. The van der Waals surface area contributed by atoms with E-state index in [4.69, 9.17) is 9.15 Å². The Morgan fingerprint density at radius 3 is 2.96 bits per heavy atom. The number of benzene rings is 1. The van der Waals surface area contributed by atoms with Gasteiger partial charge in [0.25, 0.3) is 0 Å². The highest BCUT2D eigenvalue weighted by molar-refractivity contribution is 9.10. The second-order valence-corrected chi connectivity index (χ2v) is 5.71. The van der Waals surface area contributed by atoms with Gasteiger partial charge in [-0.2, -0.15) is 0 Å². The predicted molar refractivity (Wildman–Crippen MR) is 89.9 cm³/mol. The standard InChI is InChI=1S/C16H14BrN3O3/c1-3-22-16(21)12-9(2)23-15-13(12)14(18-8-19-15)20-11-6-4-5-10(17)7-11/h4-8H,3H2,1-2H3,(H,18,19,20). The summed E-state index contributed by atoms with van der Waals surface area (Å²) in [5.74, 6) is 0.500. The zero-order valence-corrected chi connectivity index (χ0v) is 14.2. The van der Waals surface area contributed by atoms with Crippen LogP contribution in [-0.4, -0.2) is 22.5 Å². The molecule has 0 spiro atoms. The lowest BCUT2D eigenvalue weighted by Gasteiger charge is -2.07. The van der Waals surface area contributed by atoms with Crippen LogP contribution >= 0.6 is 15.9 Å². The molecule has 7 heteroatoms. The van der Waals surface area contributed by atoms with Gasteiger partial charge in [-0.15, -0.1) is 0 Å². The molecule has 0 saturated heterocycles. The zero-order valence-electron chi connectivity index (χ0n) is 12.6. The highest BCUT2D eigenvalue weighted by Gasteiger charge is 2.23. The number of hydrogen-bond donors (Lipinski definition) is 1. The number of rotatable bonds is 4. The summed E-state index contributed by atoms with van der Waals surface area (Å²) in [6, 6.07) is 7.63. The molecular weight excluding hydrogens is 362 g/mol. The Balaban J connectivity index is 2.11. The van der Waals surface area contributed by atoms with E-state index < -0.39 is 5.97 Å². The molecule has 3 aromatic rings. The number of nitrogens with one attached hydrogen (secondary N) is 1. The van der Waals surface area contributed by atoms with Crippen molar-refractivity contribution in [2.75, 3.05) is 11.9 Å². The number of esters is 1.